The zero-order valence-electron chi connectivity index (χ0n) is 13.6. The fourth-order valence-electron chi connectivity index (χ4n) is 4.28. The van der Waals surface area contributed by atoms with E-state index in [-0.39, 0.29) is 17.9 Å². The van der Waals surface area contributed by atoms with Gasteiger partial charge in [-0.05, 0) is 67.5 Å². The average Bonchev–Trinajstić information content (AvgIpc) is 3.18. The van der Waals surface area contributed by atoms with Gasteiger partial charge in [-0.1, -0.05) is 18.2 Å². The van der Waals surface area contributed by atoms with E-state index in [0.717, 1.165) is 29.9 Å². The van der Waals surface area contributed by atoms with Crippen molar-refractivity contribution < 1.29 is 4.79 Å². The second-order valence-corrected chi connectivity index (χ2v) is 6.99. The van der Waals surface area contributed by atoms with Gasteiger partial charge in [0, 0.05) is 23.1 Å². The van der Waals surface area contributed by atoms with Crippen molar-refractivity contribution in [1.29, 1.82) is 0 Å². The number of hydrogen-bond acceptors (Lipinski definition) is 3. The van der Waals surface area contributed by atoms with Crippen molar-refractivity contribution in [3.63, 3.8) is 0 Å². The molecule has 2 aromatic carbocycles. The molecule has 0 spiro atoms. The van der Waals surface area contributed by atoms with Gasteiger partial charge in [-0.3, -0.25) is 4.79 Å². The number of hydrogen-bond donors (Lipinski definition) is 3. The van der Waals surface area contributed by atoms with Crippen molar-refractivity contribution in [3.8, 4) is 0 Å². The summed E-state index contributed by atoms with van der Waals surface area (Å²) >= 11 is 0. The van der Waals surface area contributed by atoms with Crippen LogP contribution in [0, 0.1) is 17.8 Å². The number of carbonyl (C=O) groups excluding carboxylic acids is 1. The van der Waals surface area contributed by atoms with Gasteiger partial charge in [-0.25, -0.2) is 0 Å². The maximum Gasteiger partial charge on any atom is 0.229 e. The maximum absolute atomic E-state index is 12.6. The van der Waals surface area contributed by atoms with Crippen LogP contribution >= 0.6 is 0 Å². The summed E-state index contributed by atoms with van der Waals surface area (Å²) in [7, 11) is 0. The minimum absolute atomic E-state index is 0.0223. The van der Waals surface area contributed by atoms with Crippen molar-refractivity contribution in [2.45, 2.75) is 25.3 Å². The number of fused-ring (bicyclic) bond motifs is 2. The van der Waals surface area contributed by atoms with Crippen molar-refractivity contribution >= 4 is 23.0 Å². The van der Waals surface area contributed by atoms with Gasteiger partial charge in [0.1, 0.15) is 0 Å². The Kier molecular flexibility index (Phi) is 3.98. The van der Waals surface area contributed by atoms with E-state index in [0.29, 0.717) is 11.8 Å². The number of carbonyl (C=O) groups is 1. The van der Waals surface area contributed by atoms with Gasteiger partial charge in [0.05, 0.1) is 5.92 Å². The van der Waals surface area contributed by atoms with E-state index >= 15 is 0 Å². The van der Waals surface area contributed by atoms with Gasteiger partial charge < -0.3 is 16.4 Å². The number of para-hydroxylation sites is 1. The smallest absolute Gasteiger partial charge is 0.229 e. The van der Waals surface area contributed by atoms with E-state index in [4.69, 9.17) is 5.73 Å². The van der Waals surface area contributed by atoms with Crippen molar-refractivity contribution in [2.75, 3.05) is 10.6 Å². The molecule has 4 unspecified atom stereocenters. The summed E-state index contributed by atoms with van der Waals surface area (Å²) in [6.45, 7) is 0. The first-order valence-corrected chi connectivity index (χ1v) is 8.69. The molecular formula is C20H23N3O. The minimum Gasteiger partial charge on any atom is -0.356 e. The lowest BCUT2D eigenvalue weighted by Gasteiger charge is -2.27. The first-order chi connectivity index (χ1) is 11.7. The predicted molar refractivity (Wildman–Crippen MR) is 97.1 cm³/mol. The topological polar surface area (TPSA) is 67.2 Å². The molecule has 0 aromatic heterocycles. The monoisotopic (exact) mass is 321 g/mol. The van der Waals surface area contributed by atoms with Crippen LogP contribution in [-0.2, 0) is 4.79 Å². The quantitative estimate of drug-likeness (QED) is 0.803. The summed E-state index contributed by atoms with van der Waals surface area (Å²) in [6, 6.07) is 17.9. The lowest BCUT2D eigenvalue weighted by Crippen LogP contribution is -2.42. The summed E-state index contributed by atoms with van der Waals surface area (Å²) in [5, 5.41) is 6.38. The third-order valence-electron chi connectivity index (χ3n) is 5.50. The van der Waals surface area contributed by atoms with Crippen molar-refractivity contribution in [3.05, 3.63) is 54.6 Å². The predicted octanol–water partition coefficient (Wildman–Crippen LogP) is 3.74. The molecule has 124 valence electrons. The van der Waals surface area contributed by atoms with Gasteiger partial charge >= 0.3 is 0 Å². The second kappa shape index (κ2) is 6.29. The molecule has 0 aliphatic heterocycles. The van der Waals surface area contributed by atoms with Crippen molar-refractivity contribution in [1.82, 2.24) is 0 Å². The molecule has 24 heavy (non-hydrogen) atoms. The number of nitrogens with two attached hydrogens (primary N) is 1. The highest BCUT2D eigenvalue weighted by atomic mass is 16.2. The number of anilines is 3. The van der Waals surface area contributed by atoms with Crippen LogP contribution in [0.2, 0.25) is 0 Å². The molecular weight excluding hydrogens is 298 g/mol. The lowest BCUT2D eigenvalue weighted by atomic mass is 9.84. The van der Waals surface area contributed by atoms with Crippen molar-refractivity contribution in [2.24, 2.45) is 23.5 Å². The number of rotatable bonds is 4. The molecule has 4 nitrogen and oxygen atoms in total. The van der Waals surface area contributed by atoms with E-state index in [1.165, 1.54) is 6.42 Å². The van der Waals surface area contributed by atoms with Gasteiger partial charge in [0.2, 0.25) is 5.91 Å². The summed E-state index contributed by atoms with van der Waals surface area (Å²) in [5.74, 6) is 1.08. The Hall–Kier alpha value is -2.33. The van der Waals surface area contributed by atoms with Gasteiger partial charge in [-0.2, -0.15) is 0 Å². The molecule has 2 aliphatic carbocycles. The molecule has 0 radical (unpaired) electrons. The fraction of sp³-hybridized carbons (Fsp3) is 0.350. The third-order valence-corrected chi connectivity index (χ3v) is 5.50. The van der Waals surface area contributed by atoms with E-state index in [1.54, 1.807) is 0 Å². The molecule has 4 atom stereocenters. The Morgan fingerprint density at radius 3 is 2.17 bits per heavy atom. The van der Waals surface area contributed by atoms with Crippen LogP contribution in [0.1, 0.15) is 19.3 Å². The molecule has 0 heterocycles. The highest BCUT2D eigenvalue weighted by Crippen LogP contribution is 2.47. The van der Waals surface area contributed by atoms with Crippen LogP contribution in [0.15, 0.2) is 54.6 Å². The van der Waals surface area contributed by atoms with Crippen LogP contribution in [0.3, 0.4) is 0 Å². The SMILES string of the molecule is NC1C2CCC(C2)C1C(=O)Nc1ccc(Nc2ccccc2)cc1. The summed E-state index contributed by atoms with van der Waals surface area (Å²) in [6.07, 6.45) is 3.46. The summed E-state index contributed by atoms with van der Waals surface area (Å²) < 4.78 is 0. The van der Waals surface area contributed by atoms with E-state index in [9.17, 15) is 4.79 Å². The van der Waals surface area contributed by atoms with Crippen LogP contribution in [0.25, 0.3) is 0 Å². The van der Waals surface area contributed by atoms with Crippen LogP contribution in [-0.4, -0.2) is 11.9 Å². The van der Waals surface area contributed by atoms with E-state index < -0.39 is 0 Å². The first kappa shape index (κ1) is 15.2. The maximum atomic E-state index is 12.6. The Bertz CT molecular complexity index is 711. The fourth-order valence-corrected chi connectivity index (χ4v) is 4.28. The molecule has 2 aromatic rings. The molecule has 4 rings (SSSR count). The van der Waals surface area contributed by atoms with Crippen LogP contribution in [0.5, 0.6) is 0 Å². The second-order valence-electron chi connectivity index (χ2n) is 6.99. The number of amides is 1. The lowest BCUT2D eigenvalue weighted by molar-refractivity contribution is -0.121. The molecule has 2 aliphatic rings. The molecule has 2 saturated carbocycles. The normalized spacial score (nSPS) is 27.9. The Balaban J connectivity index is 1.39. The number of benzene rings is 2. The standard InChI is InChI=1S/C20H23N3O/c21-19-14-7-6-13(12-14)18(19)20(24)23-17-10-8-16(9-11-17)22-15-4-2-1-3-5-15/h1-5,8-11,13-14,18-19,22H,6-7,12,21H2,(H,23,24). The highest BCUT2D eigenvalue weighted by Gasteiger charge is 2.49. The van der Waals surface area contributed by atoms with Crippen LogP contribution < -0.4 is 16.4 Å². The third kappa shape index (κ3) is 2.89. The summed E-state index contributed by atoms with van der Waals surface area (Å²) in [5.41, 5.74) is 9.13. The average molecular weight is 321 g/mol. The number of nitrogens with one attached hydrogen (secondary N) is 2. The van der Waals surface area contributed by atoms with Gasteiger partial charge in [0.15, 0.2) is 0 Å². The van der Waals surface area contributed by atoms with E-state index in [1.807, 2.05) is 54.6 Å². The summed E-state index contributed by atoms with van der Waals surface area (Å²) in [4.78, 5) is 12.6. The first-order valence-electron chi connectivity index (χ1n) is 8.69. The molecule has 4 heteroatoms. The zero-order valence-corrected chi connectivity index (χ0v) is 13.6. The van der Waals surface area contributed by atoms with Crippen LogP contribution in [0.4, 0.5) is 17.1 Å². The zero-order chi connectivity index (χ0) is 16.5. The Morgan fingerprint density at radius 1 is 0.875 bits per heavy atom. The highest BCUT2D eigenvalue weighted by molar-refractivity contribution is 5.93. The minimum atomic E-state index is -0.0223. The Labute approximate surface area is 142 Å². The van der Waals surface area contributed by atoms with E-state index in [2.05, 4.69) is 10.6 Å². The molecule has 4 N–H and O–H groups in total. The van der Waals surface area contributed by atoms with Gasteiger partial charge in [-0.15, -0.1) is 0 Å². The largest absolute Gasteiger partial charge is 0.356 e. The Morgan fingerprint density at radius 2 is 1.50 bits per heavy atom. The molecule has 0 saturated heterocycles. The van der Waals surface area contributed by atoms with Gasteiger partial charge in [0.25, 0.3) is 0 Å². The molecule has 2 bridgehead atoms. The molecule has 1 amide bonds. The molecule has 2 fully saturated rings.